The summed E-state index contributed by atoms with van der Waals surface area (Å²) in [6, 6.07) is 8.81. The highest BCUT2D eigenvalue weighted by Gasteiger charge is 2.11. The van der Waals surface area contributed by atoms with Crippen molar-refractivity contribution in [3.05, 3.63) is 63.3 Å². The largest absolute Gasteiger partial charge is 0.465 e. The van der Waals surface area contributed by atoms with Gasteiger partial charge < -0.3 is 9.47 Å². The zero-order valence-corrected chi connectivity index (χ0v) is 15.1. The van der Waals surface area contributed by atoms with Gasteiger partial charge in [0.25, 0.3) is 0 Å². The summed E-state index contributed by atoms with van der Waals surface area (Å²) in [5.41, 5.74) is 2.91. The summed E-state index contributed by atoms with van der Waals surface area (Å²) in [5.74, 6) is -0.776. The summed E-state index contributed by atoms with van der Waals surface area (Å²) >= 11 is 3.12. The lowest BCUT2D eigenvalue weighted by atomic mass is 10.1. The Morgan fingerprint density at radius 2 is 2.08 bits per heavy atom. The van der Waals surface area contributed by atoms with Crippen LogP contribution in [0.5, 0.6) is 0 Å². The highest BCUT2D eigenvalue weighted by Crippen LogP contribution is 2.25. The second kappa shape index (κ2) is 8.04. The van der Waals surface area contributed by atoms with Crippen LogP contribution in [0.25, 0.3) is 10.6 Å². The van der Waals surface area contributed by atoms with Crippen molar-refractivity contribution in [2.75, 3.05) is 7.11 Å². The number of ether oxygens (including phenoxy) is 2. The number of esters is 2. The SMILES string of the molecule is COC(=O)c1cccc(COC(=O)Cc2csc(-c3ccsc3)n2)c1. The van der Waals surface area contributed by atoms with E-state index in [9.17, 15) is 9.59 Å². The number of nitrogens with zero attached hydrogens (tertiary/aromatic N) is 1. The number of carbonyl (C=O) groups is 2. The molecule has 0 aliphatic carbocycles. The fourth-order valence-corrected chi connectivity index (χ4v) is 3.71. The van der Waals surface area contributed by atoms with Crippen LogP contribution in [0.4, 0.5) is 0 Å². The maximum atomic E-state index is 12.0. The Kier molecular flexibility index (Phi) is 5.57. The van der Waals surface area contributed by atoms with Crippen molar-refractivity contribution in [3.8, 4) is 10.6 Å². The number of thiazole rings is 1. The molecule has 3 aromatic rings. The Labute approximate surface area is 152 Å². The first-order valence-corrected chi connectivity index (χ1v) is 9.28. The summed E-state index contributed by atoms with van der Waals surface area (Å²) in [6.07, 6.45) is 0.122. The van der Waals surface area contributed by atoms with Crippen molar-refractivity contribution in [2.24, 2.45) is 0 Å². The zero-order valence-electron chi connectivity index (χ0n) is 13.4. The summed E-state index contributed by atoms with van der Waals surface area (Å²) in [4.78, 5) is 28.0. The molecule has 0 atom stereocenters. The van der Waals surface area contributed by atoms with Crippen molar-refractivity contribution >= 4 is 34.6 Å². The number of rotatable bonds is 6. The molecule has 0 N–H and O–H groups in total. The van der Waals surface area contributed by atoms with Gasteiger partial charge in [0.1, 0.15) is 11.6 Å². The van der Waals surface area contributed by atoms with Crippen LogP contribution < -0.4 is 0 Å². The molecule has 5 nitrogen and oxygen atoms in total. The normalized spacial score (nSPS) is 10.4. The molecule has 2 aromatic heterocycles. The molecule has 0 saturated heterocycles. The Morgan fingerprint density at radius 1 is 1.20 bits per heavy atom. The van der Waals surface area contributed by atoms with E-state index in [0.717, 1.165) is 16.1 Å². The quantitative estimate of drug-likeness (QED) is 0.612. The van der Waals surface area contributed by atoms with Gasteiger partial charge >= 0.3 is 11.9 Å². The van der Waals surface area contributed by atoms with Crippen LogP contribution in [0, 0.1) is 0 Å². The van der Waals surface area contributed by atoms with E-state index >= 15 is 0 Å². The Bertz CT molecular complexity index is 871. The van der Waals surface area contributed by atoms with E-state index in [1.165, 1.54) is 18.4 Å². The average Bonchev–Trinajstić information content (AvgIpc) is 3.31. The lowest BCUT2D eigenvalue weighted by Crippen LogP contribution is -2.09. The smallest absolute Gasteiger partial charge is 0.337 e. The van der Waals surface area contributed by atoms with E-state index in [0.29, 0.717) is 11.3 Å². The van der Waals surface area contributed by atoms with E-state index in [2.05, 4.69) is 9.72 Å². The minimum Gasteiger partial charge on any atom is -0.465 e. The van der Waals surface area contributed by atoms with Gasteiger partial charge in [0.2, 0.25) is 0 Å². The van der Waals surface area contributed by atoms with E-state index in [4.69, 9.17) is 4.74 Å². The van der Waals surface area contributed by atoms with Crippen LogP contribution in [-0.2, 0) is 27.3 Å². The Morgan fingerprint density at radius 3 is 2.84 bits per heavy atom. The fourth-order valence-electron chi connectivity index (χ4n) is 2.18. The number of hydrogen-bond donors (Lipinski definition) is 0. The molecule has 0 radical (unpaired) electrons. The lowest BCUT2D eigenvalue weighted by molar-refractivity contribution is -0.144. The number of methoxy groups -OCH3 is 1. The molecule has 2 heterocycles. The van der Waals surface area contributed by atoms with Crippen LogP contribution in [0.2, 0.25) is 0 Å². The van der Waals surface area contributed by atoms with Crippen molar-refractivity contribution in [3.63, 3.8) is 0 Å². The van der Waals surface area contributed by atoms with Crippen molar-refractivity contribution in [1.29, 1.82) is 0 Å². The molecular formula is C18H15NO4S2. The maximum absolute atomic E-state index is 12.0. The second-order valence-corrected chi connectivity index (χ2v) is 6.82. The summed E-state index contributed by atoms with van der Waals surface area (Å²) in [7, 11) is 1.33. The third-order valence-electron chi connectivity index (χ3n) is 3.39. The average molecular weight is 373 g/mol. The third-order valence-corrected chi connectivity index (χ3v) is 5.02. The molecular weight excluding hydrogens is 358 g/mol. The van der Waals surface area contributed by atoms with Gasteiger partial charge in [0.05, 0.1) is 24.8 Å². The van der Waals surface area contributed by atoms with Gasteiger partial charge in [0, 0.05) is 16.3 Å². The molecule has 25 heavy (non-hydrogen) atoms. The first-order valence-electron chi connectivity index (χ1n) is 7.45. The Balaban J connectivity index is 1.56. The Hall–Kier alpha value is -2.51. The first kappa shape index (κ1) is 17.3. The van der Waals surface area contributed by atoms with Crippen molar-refractivity contribution in [1.82, 2.24) is 4.98 Å². The van der Waals surface area contributed by atoms with E-state index in [1.54, 1.807) is 35.6 Å². The van der Waals surface area contributed by atoms with Crippen molar-refractivity contribution < 1.29 is 19.1 Å². The highest BCUT2D eigenvalue weighted by molar-refractivity contribution is 7.14. The van der Waals surface area contributed by atoms with Crippen molar-refractivity contribution in [2.45, 2.75) is 13.0 Å². The zero-order chi connectivity index (χ0) is 17.6. The number of hydrogen-bond acceptors (Lipinski definition) is 7. The standard InChI is InChI=1S/C18H15NO4S2/c1-22-18(21)13-4-2-3-12(7-13)9-23-16(20)8-15-11-25-17(19-15)14-5-6-24-10-14/h2-7,10-11H,8-9H2,1H3. The molecule has 0 spiro atoms. The van der Waals surface area contributed by atoms with Crippen LogP contribution >= 0.6 is 22.7 Å². The number of carbonyl (C=O) groups excluding carboxylic acids is 2. The number of thiophene rings is 1. The van der Waals surface area contributed by atoms with E-state index < -0.39 is 5.97 Å². The molecule has 3 rings (SSSR count). The molecule has 0 amide bonds. The molecule has 0 saturated carbocycles. The molecule has 7 heteroatoms. The van der Waals surface area contributed by atoms with E-state index in [1.807, 2.05) is 22.2 Å². The molecule has 0 aliphatic heterocycles. The van der Waals surface area contributed by atoms with Crippen LogP contribution in [0.15, 0.2) is 46.5 Å². The van der Waals surface area contributed by atoms with Gasteiger partial charge in [-0.05, 0) is 29.1 Å². The maximum Gasteiger partial charge on any atom is 0.337 e. The highest BCUT2D eigenvalue weighted by atomic mass is 32.1. The molecule has 0 fully saturated rings. The monoisotopic (exact) mass is 373 g/mol. The lowest BCUT2D eigenvalue weighted by Gasteiger charge is -2.05. The van der Waals surface area contributed by atoms with Crippen LogP contribution in [0.1, 0.15) is 21.6 Å². The predicted molar refractivity (Wildman–Crippen MR) is 96.7 cm³/mol. The van der Waals surface area contributed by atoms with Gasteiger partial charge in [-0.25, -0.2) is 9.78 Å². The second-order valence-electron chi connectivity index (χ2n) is 5.19. The van der Waals surface area contributed by atoms with Gasteiger partial charge in [0.15, 0.2) is 0 Å². The summed E-state index contributed by atoms with van der Waals surface area (Å²) in [5, 5.41) is 6.78. The molecule has 0 bridgehead atoms. The van der Waals surface area contributed by atoms with Gasteiger partial charge in [-0.2, -0.15) is 11.3 Å². The fraction of sp³-hybridized carbons (Fsp3) is 0.167. The molecule has 128 valence electrons. The third kappa shape index (κ3) is 4.52. The van der Waals surface area contributed by atoms with Crippen LogP contribution in [-0.4, -0.2) is 24.0 Å². The van der Waals surface area contributed by atoms with E-state index in [-0.39, 0.29) is 19.0 Å². The topological polar surface area (TPSA) is 65.5 Å². The molecule has 0 aliphatic rings. The minimum atomic E-state index is -0.420. The minimum absolute atomic E-state index is 0.102. The van der Waals surface area contributed by atoms with Gasteiger partial charge in [-0.15, -0.1) is 11.3 Å². The summed E-state index contributed by atoms with van der Waals surface area (Å²) < 4.78 is 9.95. The van der Waals surface area contributed by atoms with Gasteiger partial charge in [-0.1, -0.05) is 12.1 Å². The predicted octanol–water partition coefficient (Wildman–Crippen LogP) is 3.94. The first-order chi connectivity index (χ1) is 12.2. The number of benzene rings is 1. The summed E-state index contributed by atoms with van der Waals surface area (Å²) in [6.45, 7) is 0.102. The van der Waals surface area contributed by atoms with Gasteiger partial charge in [-0.3, -0.25) is 4.79 Å². The molecule has 0 unspecified atom stereocenters. The van der Waals surface area contributed by atoms with Crippen LogP contribution in [0.3, 0.4) is 0 Å². The number of aromatic nitrogens is 1. The molecule has 1 aromatic carbocycles.